The van der Waals surface area contributed by atoms with Crippen LogP contribution in [0.5, 0.6) is 0 Å². The fourth-order valence-electron chi connectivity index (χ4n) is 3.59. The van der Waals surface area contributed by atoms with Gasteiger partial charge in [0.1, 0.15) is 12.1 Å². The van der Waals surface area contributed by atoms with Crippen LogP contribution in [0, 0.1) is 11.3 Å². The van der Waals surface area contributed by atoms with Crippen LogP contribution in [0.2, 0.25) is 0 Å². The number of aliphatic carboxylic acids is 1. The fourth-order valence-corrected chi connectivity index (χ4v) is 3.68. The van der Waals surface area contributed by atoms with Crippen LogP contribution in [0.4, 0.5) is 4.79 Å². The summed E-state index contributed by atoms with van der Waals surface area (Å²) in [7, 11) is 1.25. The fraction of sp³-hybridized carbons (Fsp3) is 0.484. The molecule has 0 saturated heterocycles. The lowest BCUT2D eigenvalue weighted by atomic mass is 9.86. The van der Waals surface area contributed by atoms with Gasteiger partial charge in [-0.2, -0.15) is 0 Å². The molecule has 0 aromatic heterocycles. The molecular formula is C31H46ClN3O8. The van der Waals surface area contributed by atoms with E-state index in [0.29, 0.717) is 11.5 Å². The summed E-state index contributed by atoms with van der Waals surface area (Å²) in [5, 5.41) is 25.2. The van der Waals surface area contributed by atoms with Crippen molar-refractivity contribution in [3.8, 4) is 0 Å². The topological polar surface area (TPSA) is 177 Å². The lowest BCUT2D eigenvalue weighted by molar-refractivity contribution is -0.136. The van der Waals surface area contributed by atoms with Gasteiger partial charge in [0.25, 0.3) is 0 Å². The van der Waals surface area contributed by atoms with Crippen LogP contribution in [0.15, 0.2) is 71.2 Å². The number of hydrogen-bond donors (Lipinski definition) is 5. The van der Waals surface area contributed by atoms with E-state index in [1.54, 1.807) is 38.2 Å². The number of hydrogen-bond acceptors (Lipinski definition) is 7. The SMILES string of the molecule is CO/C(=C/C[C@H](O)[C@@H](C)/C=C(C)/C=C\C=C/C(=O)N[C@H](C(=O)N/C=C\C[C@H](C/C=C(\C)Cl)OC(N)=O)C(C)(C)C)C(=O)O. The molecule has 0 aliphatic carbocycles. The molecule has 11 nitrogen and oxygen atoms in total. The first-order valence-electron chi connectivity index (χ1n) is 13.7. The molecule has 0 bridgehead atoms. The van der Waals surface area contributed by atoms with E-state index in [9.17, 15) is 24.3 Å². The molecule has 240 valence electrons. The van der Waals surface area contributed by atoms with E-state index >= 15 is 0 Å². The Morgan fingerprint density at radius 2 is 1.65 bits per heavy atom. The smallest absolute Gasteiger partial charge is 0.404 e. The molecule has 4 atom stereocenters. The predicted octanol–water partition coefficient (Wildman–Crippen LogP) is 4.59. The number of ether oxygens (including phenoxy) is 2. The number of halogens is 1. The Labute approximate surface area is 259 Å². The number of allylic oxidation sites excluding steroid dienone is 5. The average Bonchev–Trinajstić information content (AvgIpc) is 2.89. The molecule has 0 aromatic carbocycles. The van der Waals surface area contributed by atoms with Gasteiger partial charge in [-0.3, -0.25) is 9.59 Å². The molecule has 43 heavy (non-hydrogen) atoms. The van der Waals surface area contributed by atoms with E-state index in [1.165, 1.54) is 31.5 Å². The maximum Gasteiger partial charge on any atom is 0.404 e. The Morgan fingerprint density at radius 3 is 2.19 bits per heavy atom. The number of methoxy groups -OCH3 is 1. The van der Waals surface area contributed by atoms with Gasteiger partial charge in [0, 0.05) is 29.9 Å². The molecular weight excluding hydrogens is 578 g/mol. The Bertz CT molecular complexity index is 1130. The van der Waals surface area contributed by atoms with E-state index in [1.807, 2.05) is 33.8 Å². The number of carbonyl (C=O) groups is 4. The predicted molar refractivity (Wildman–Crippen MR) is 167 cm³/mol. The number of primary amides is 1. The van der Waals surface area contributed by atoms with Crippen molar-refractivity contribution in [1.29, 1.82) is 0 Å². The molecule has 12 heteroatoms. The monoisotopic (exact) mass is 623 g/mol. The third kappa shape index (κ3) is 18.3. The van der Waals surface area contributed by atoms with Gasteiger partial charge in [0.15, 0.2) is 5.76 Å². The van der Waals surface area contributed by atoms with Crippen LogP contribution in [0.1, 0.15) is 60.8 Å². The summed E-state index contributed by atoms with van der Waals surface area (Å²) < 4.78 is 9.80. The van der Waals surface area contributed by atoms with E-state index in [-0.39, 0.29) is 24.5 Å². The summed E-state index contributed by atoms with van der Waals surface area (Å²) in [4.78, 5) is 47.5. The van der Waals surface area contributed by atoms with Gasteiger partial charge >= 0.3 is 12.1 Å². The average molecular weight is 624 g/mol. The standard InChI is InChI=1S/C31H46ClN3O8/c1-20(19-21(2)24(36)16-17-25(42-7)29(39)40)11-8-9-13-26(37)35-27(31(4,5)6)28(38)34-18-10-12-23(43-30(33)41)15-14-22(3)32/h8-11,13-14,17-19,21,23-24,27,36H,12,15-16H2,1-7H3,(H2,33,41)(H,34,38)(H,35,37)(H,39,40)/b11-8-,13-9-,18-10-,20-19+,22-14+,25-17+/t21-,23+,24-,27+/m0/s1. The third-order valence-corrected chi connectivity index (χ3v) is 6.08. The summed E-state index contributed by atoms with van der Waals surface area (Å²) >= 11 is 5.83. The maximum atomic E-state index is 12.9. The minimum absolute atomic E-state index is 0.110. The van der Waals surface area contributed by atoms with Gasteiger partial charge in [-0.1, -0.05) is 81.3 Å². The maximum absolute atomic E-state index is 12.9. The molecule has 0 aromatic rings. The van der Waals surface area contributed by atoms with Crippen LogP contribution < -0.4 is 16.4 Å². The van der Waals surface area contributed by atoms with Crippen molar-refractivity contribution in [3.05, 3.63) is 71.2 Å². The lowest BCUT2D eigenvalue weighted by Gasteiger charge is -2.29. The minimum atomic E-state index is -1.20. The van der Waals surface area contributed by atoms with Crippen LogP contribution in [-0.4, -0.2) is 59.4 Å². The van der Waals surface area contributed by atoms with E-state index in [4.69, 9.17) is 31.9 Å². The summed E-state index contributed by atoms with van der Waals surface area (Å²) in [5.41, 5.74) is 5.33. The number of carboxylic acids is 1. The number of amides is 3. The first kappa shape index (κ1) is 39.2. The lowest BCUT2D eigenvalue weighted by Crippen LogP contribution is -2.52. The first-order valence-corrected chi connectivity index (χ1v) is 14.1. The highest BCUT2D eigenvalue weighted by atomic mass is 35.5. The normalized spacial score (nSPS) is 16.2. The largest absolute Gasteiger partial charge is 0.490 e. The Hall–Kier alpha value is -3.83. The van der Waals surface area contributed by atoms with E-state index in [0.717, 1.165) is 5.57 Å². The van der Waals surface area contributed by atoms with Crippen LogP contribution in [0.3, 0.4) is 0 Å². The van der Waals surface area contributed by atoms with Gasteiger partial charge in [-0.15, -0.1) is 0 Å². The molecule has 0 heterocycles. The molecule has 0 radical (unpaired) electrons. The quantitative estimate of drug-likeness (QED) is 0.0887. The van der Waals surface area contributed by atoms with Crippen LogP contribution in [0.25, 0.3) is 0 Å². The number of aliphatic hydroxyl groups excluding tert-OH is 1. The second kappa shape index (κ2) is 20.1. The number of carboxylic acid groups (broad SMARTS) is 1. The van der Waals surface area contributed by atoms with Gasteiger partial charge in [0.05, 0.1) is 13.2 Å². The van der Waals surface area contributed by atoms with Crippen molar-refractivity contribution in [3.63, 3.8) is 0 Å². The molecule has 0 aliphatic heterocycles. The van der Waals surface area contributed by atoms with Crippen molar-refractivity contribution in [1.82, 2.24) is 10.6 Å². The molecule has 0 saturated carbocycles. The number of rotatable bonds is 17. The highest BCUT2D eigenvalue weighted by molar-refractivity contribution is 6.29. The summed E-state index contributed by atoms with van der Waals surface area (Å²) in [6, 6.07) is -0.851. The third-order valence-electron chi connectivity index (χ3n) is 5.93. The van der Waals surface area contributed by atoms with Gasteiger partial charge < -0.3 is 36.1 Å². The molecule has 0 aliphatic rings. The van der Waals surface area contributed by atoms with Crippen molar-refractivity contribution < 1.29 is 38.9 Å². The highest BCUT2D eigenvalue weighted by Crippen LogP contribution is 2.20. The zero-order valence-electron chi connectivity index (χ0n) is 25.9. The number of nitrogens with two attached hydrogens (primary N) is 1. The summed E-state index contributed by atoms with van der Waals surface area (Å²) in [5.74, 6) is -2.60. The van der Waals surface area contributed by atoms with E-state index in [2.05, 4.69) is 10.6 Å². The summed E-state index contributed by atoms with van der Waals surface area (Å²) in [6.07, 6.45) is 12.6. The zero-order chi connectivity index (χ0) is 33.2. The number of aliphatic hydroxyl groups is 1. The molecule has 0 spiro atoms. The zero-order valence-corrected chi connectivity index (χ0v) is 26.7. The minimum Gasteiger partial charge on any atom is -0.490 e. The Morgan fingerprint density at radius 1 is 1.02 bits per heavy atom. The van der Waals surface area contributed by atoms with E-state index < -0.39 is 47.5 Å². The Kier molecular flexibility index (Phi) is 18.3. The molecule has 3 amide bonds. The number of carbonyl (C=O) groups excluding carboxylic acids is 3. The van der Waals surface area contributed by atoms with Gasteiger partial charge in [-0.05, 0) is 38.0 Å². The van der Waals surface area contributed by atoms with Gasteiger partial charge in [-0.25, -0.2) is 9.59 Å². The van der Waals surface area contributed by atoms with Crippen molar-refractivity contribution in [2.45, 2.75) is 79.1 Å². The van der Waals surface area contributed by atoms with Crippen LogP contribution in [-0.2, 0) is 23.9 Å². The molecule has 0 rings (SSSR count). The first-order chi connectivity index (χ1) is 20.0. The van der Waals surface area contributed by atoms with Crippen molar-refractivity contribution in [2.24, 2.45) is 17.1 Å². The highest BCUT2D eigenvalue weighted by Gasteiger charge is 2.31. The number of nitrogens with one attached hydrogen (secondary N) is 2. The molecule has 0 unspecified atom stereocenters. The molecule has 0 fully saturated rings. The van der Waals surface area contributed by atoms with Crippen molar-refractivity contribution in [2.75, 3.05) is 7.11 Å². The molecule has 6 N–H and O–H groups in total. The van der Waals surface area contributed by atoms with Crippen LogP contribution >= 0.6 is 11.6 Å². The van der Waals surface area contributed by atoms with Gasteiger partial charge in [0.2, 0.25) is 11.8 Å². The summed E-state index contributed by atoms with van der Waals surface area (Å²) in [6.45, 7) is 10.8. The Balaban J connectivity index is 5.13. The van der Waals surface area contributed by atoms with Crippen molar-refractivity contribution >= 4 is 35.5 Å². The second-order valence-electron chi connectivity index (χ2n) is 10.9. The second-order valence-corrected chi connectivity index (χ2v) is 11.5.